The van der Waals surface area contributed by atoms with Gasteiger partial charge in [-0.1, -0.05) is 12.1 Å². The lowest BCUT2D eigenvalue weighted by atomic mass is 10.1. The van der Waals surface area contributed by atoms with Crippen LogP contribution in [0.15, 0.2) is 29.3 Å². The zero-order chi connectivity index (χ0) is 18.9. The number of piperidine rings is 1. The number of hydrogen-bond acceptors (Lipinski definition) is 4. The highest BCUT2D eigenvalue weighted by atomic mass is 127. The van der Waals surface area contributed by atoms with Gasteiger partial charge < -0.3 is 15.0 Å². The van der Waals surface area contributed by atoms with Crippen LogP contribution in [0.25, 0.3) is 0 Å². The monoisotopic (exact) mass is 492 g/mol. The number of para-hydroxylation sites is 1. The van der Waals surface area contributed by atoms with Gasteiger partial charge in [0.2, 0.25) is 11.8 Å². The predicted octanol–water partition coefficient (Wildman–Crippen LogP) is 1.87. The minimum absolute atomic E-state index is 0. The summed E-state index contributed by atoms with van der Waals surface area (Å²) >= 11 is 0. The fourth-order valence-corrected chi connectivity index (χ4v) is 2.67. The van der Waals surface area contributed by atoms with E-state index in [0.29, 0.717) is 51.5 Å². The smallest absolute Gasteiger partial charge is 0.229 e. The number of imide groups is 1. The second-order valence-electron chi connectivity index (χ2n) is 5.97. The van der Waals surface area contributed by atoms with E-state index in [1.807, 2.05) is 11.9 Å². The standard InChI is InChI=1S/C18H25FN4O3.HI/c1-20-18(21-10-11-23-16(24)8-5-9-17(23)25)22(2)12-13-26-15-7-4-3-6-14(15)19;/h3-4,6-7H,5,8-13H2,1-2H3,(H,20,21);1H. The molecule has 0 saturated carbocycles. The molecule has 0 aromatic heterocycles. The molecule has 0 aliphatic carbocycles. The molecule has 1 aliphatic rings. The Bertz CT molecular complexity index is 656. The van der Waals surface area contributed by atoms with Gasteiger partial charge in [-0.05, 0) is 18.6 Å². The number of hydrogen-bond donors (Lipinski definition) is 1. The molecule has 0 bridgehead atoms. The Morgan fingerprint density at radius 2 is 1.96 bits per heavy atom. The quantitative estimate of drug-likeness (QED) is 0.273. The van der Waals surface area contributed by atoms with Crippen molar-refractivity contribution in [3.05, 3.63) is 30.1 Å². The lowest BCUT2D eigenvalue weighted by molar-refractivity contribution is -0.147. The summed E-state index contributed by atoms with van der Waals surface area (Å²) in [5.41, 5.74) is 0. The molecule has 27 heavy (non-hydrogen) atoms. The van der Waals surface area contributed by atoms with Gasteiger partial charge in [-0.25, -0.2) is 4.39 Å². The molecule has 1 aliphatic heterocycles. The van der Waals surface area contributed by atoms with Crippen LogP contribution in [0.3, 0.4) is 0 Å². The van der Waals surface area contributed by atoms with E-state index in [9.17, 15) is 14.0 Å². The van der Waals surface area contributed by atoms with E-state index in [1.54, 1.807) is 25.2 Å². The van der Waals surface area contributed by atoms with Gasteiger partial charge in [-0.2, -0.15) is 0 Å². The first kappa shape index (κ1) is 23.1. The maximum Gasteiger partial charge on any atom is 0.229 e. The lowest BCUT2D eigenvalue weighted by Crippen LogP contribution is -2.47. The highest BCUT2D eigenvalue weighted by Gasteiger charge is 2.25. The van der Waals surface area contributed by atoms with Crippen LogP contribution >= 0.6 is 24.0 Å². The SMILES string of the molecule is CN=C(NCCN1C(=O)CCCC1=O)N(C)CCOc1ccccc1F.I. The lowest BCUT2D eigenvalue weighted by Gasteiger charge is -2.26. The average Bonchev–Trinajstić information content (AvgIpc) is 2.62. The number of nitrogens with zero attached hydrogens (tertiary/aromatic N) is 3. The minimum atomic E-state index is -0.395. The molecule has 1 aromatic rings. The van der Waals surface area contributed by atoms with Crippen molar-refractivity contribution in [2.75, 3.05) is 40.3 Å². The van der Waals surface area contributed by atoms with Crippen molar-refractivity contribution in [1.29, 1.82) is 0 Å². The number of amides is 2. The van der Waals surface area contributed by atoms with E-state index in [4.69, 9.17) is 4.74 Å². The Morgan fingerprint density at radius 3 is 2.59 bits per heavy atom. The highest BCUT2D eigenvalue weighted by Crippen LogP contribution is 2.15. The fraction of sp³-hybridized carbons (Fsp3) is 0.500. The molecular weight excluding hydrogens is 466 g/mol. The molecule has 0 spiro atoms. The third-order valence-electron chi connectivity index (χ3n) is 4.10. The topological polar surface area (TPSA) is 74.2 Å². The normalized spacial score (nSPS) is 14.6. The number of benzene rings is 1. The first-order valence-electron chi connectivity index (χ1n) is 8.65. The maximum absolute atomic E-state index is 13.5. The van der Waals surface area contributed by atoms with Crippen LogP contribution in [-0.4, -0.2) is 67.9 Å². The van der Waals surface area contributed by atoms with Crippen LogP contribution in [0.5, 0.6) is 5.75 Å². The third kappa shape index (κ3) is 6.96. The molecule has 0 radical (unpaired) electrons. The molecule has 150 valence electrons. The van der Waals surface area contributed by atoms with E-state index < -0.39 is 5.82 Å². The van der Waals surface area contributed by atoms with Gasteiger partial charge in [0.15, 0.2) is 17.5 Å². The summed E-state index contributed by atoms with van der Waals surface area (Å²) in [6.45, 7) is 1.52. The molecular formula is C18H26FIN4O3. The minimum Gasteiger partial charge on any atom is -0.489 e. The largest absolute Gasteiger partial charge is 0.489 e. The molecule has 9 heteroatoms. The van der Waals surface area contributed by atoms with E-state index in [2.05, 4.69) is 10.3 Å². The number of carbonyl (C=O) groups excluding carboxylic acids is 2. The highest BCUT2D eigenvalue weighted by molar-refractivity contribution is 14.0. The second-order valence-corrected chi connectivity index (χ2v) is 5.97. The number of halogens is 2. The Kier molecular flexibility index (Phi) is 10.0. The molecule has 7 nitrogen and oxygen atoms in total. The summed E-state index contributed by atoms with van der Waals surface area (Å²) in [5.74, 6) is 0.188. The number of rotatable bonds is 7. The number of carbonyl (C=O) groups is 2. The van der Waals surface area contributed by atoms with E-state index in [-0.39, 0.29) is 41.5 Å². The van der Waals surface area contributed by atoms with Gasteiger partial charge in [-0.3, -0.25) is 19.5 Å². The van der Waals surface area contributed by atoms with Gasteiger partial charge >= 0.3 is 0 Å². The van der Waals surface area contributed by atoms with E-state index in [0.717, 1.165) is 0 Å². The summed E-state index contributed by atoms with van der Waals surface area (Å²) in [6, 6.07) is 6.25. The zero-order valence-electron chi connectivity index (χ0n) is 15.6. The van der Waals surface area contributed by atoms with Gasteiger partial charge in [-0.15, -0.1) is 24.0 Å². The number of nitrogens with one attached hydrogen (secondary N) is 1. The van der Waals surface area contributed by atoms with Crippen molar-refractivity contribution in [1.82, 2.24) is 15.1 Å². The number of likely N-dealkylation sites (N-methyl/N-ethyl adjacent to an activating group) is 1. The number of aliphatic imine (C=N–C) groups is 1. The van der Waals surface area contributed by atoms with Crippen molar-refractivity contribution in [3.8, 4) is 5.75 Å². The zero-order valence-corrected chi connectivity index (χ0v) is 17.9. The molecule has 2 amide bonds. The average molecular weight is 492 g/mol. The van der Waals surface area contributed by atoms with Crippen LogP contribution in [-0.2, 0) is 9.59 Å². The third-order valence-corrected chi connectivity index (χ3v) is 4.10. The molecule has 0 unspecified atom stereocenters. The molecule has 0 atom stereocenters. The summed E-state index contributed by atoms with van der Waals surface area (Å²) in [7, 11) is 3.48. The molecule has 1 fully saturated rings. The number of ether oxygens (including phenoxy) is 1. The van der Waals surface area contributed by atoms with E-state index >= 15 is 0 Å². The van der Waals surface area contributed by atoms with Crippen molar-refractivity contribution in [3.63, 3.8) is 0 Å². The van der Waals surface area contributed by atoms with Crippen LogP contribution in [0.1, 0.15) is 19.3 Å². The molecule has 1 heterocycles. The van der Waals surface area contributed by atoms with Gasteiger partial charge in [0, 0.05) is 40.0 Å². The van der Waals surface area contributed by atoms with Crippen LogP contribution in [0, 0.1) is 5.82 Å². The Balaban J connectivity index is 0.00000364. The Labute approximate surface area is 176 Å². The predicted molar refractivity (Wildman–Crippen MR) is 112 cm³/mol. The Morgan fingerprint density at radius 1 is 1.30 bits per heavy atom. The van der Waals surface area contributed by atoms with Gasteiger partial charge in [0.25, 0.3) is 0 Å². The van der Waals surface area contributed by atoms with Crippen LogP contribution < -0.4 is 10.1 Å². The number of guanidine groups is 1. The number of likely N-dealkylation sites (tertiary alicyclic amines) is 1. The first-order valence-corrected chi connectivity index (χ1v) is 8.65. The van der Waals surface area contributed by atoms with Gasteiger partial charge in [0.05, 0.1) is 6.54 Å². The van der Waals surface area contributed by atoms with Gasteiger partial charge in [0.1, 0.15) is 6.61 Å². The summed E-state index contributed by atoms with van der Waals surface area (Å²) < 4.78 is 18.9. The molecule has 1 aromatic carbocycles. The summed E-state index contributed by atoms with van der Waals surface area (Å²) in [4.78, 5) is 30.8. The Hall–Kier alpha value is -1.91. The molecule has 1 N–H and O–H groups in total. The maximum atomic E-state index is 13.5. The molecule has 1 saturated heterocycles. The van der Waals surface area contributed by atoms with Crippen molar-refractivity contribution >= 4 is 41.8 Å². The fourth-order valence-electron chi connectivity index (χ4n) is 2.67. The van der Waals surface area contributed by atoms with Crippen molar-refractivity contribution in [2.45, 2.75) is 19.3 Å². The van der Waals surface area contributed by atoms with Crippen molar-refractivity contribution < 1.29 is 18.7 Å². The summed E-state index contributed by atoms with van der Waals surface area (Å²) in [5, 5.41) is 3.12. The van der Waals surface area contributed by atoms with Crippen LogP contribution in [0.4, 0.5) is 4.39 Å². The second kappa shape index (κ2) is 11.7. The first-order chi connectivity index (χ1) is 12.5. The van der Waals surface area contributed by atoms with Crippen molar-refractivity contribution in [2.24, 2.45) is 4.99 Å². The summed E-state index contributed by atoms with van der Waals surface area (Å²) in [6.07, 6.45) is 1.48. The molecule has 2 rings (SSSR count). The van der Waals surface area contributed by atoms with E-state index in [1.165, 1.54) is 11.0 Å². The van der Waals surface area contributed by atoms with Crippen LogP contribution in [0.2, 0.25) is 0 Å².